The van der Waals surface area contributed by atoms with Crippen molar-refractivity contribution >= 4 is 5.97 Å². The van der Waals surface area contributed by atoms with Gasteiger partial charge in [0, 0.05) is 12.1 Å². The number of ether oxygens (including phenoxy) is 2. The van der Waals surface area contributed by atoms with Crippen molar-refractivity contribution in [3.8, 4) is 5.75 Å². The van der Waals surface area contributed by atoms with E-state index in [1.54, 1.807) is 0 Å². The first-order valence-corrected chi connectivity index (χ1v) is 5.60. The quantitative estimate of drug-likeness (QED) is 0.676. The minimum atomic E-state index is -5.17. The predicted molar refractivity (Wildman–Crippen MR) is 59.5 cm³/mol. The second kappa shape index (κ2) is 6.38. The molecule has 124 valence electrons. The van der Waals surface area contributed by atoms with Gasteiger partial charge in [-0.3, -0.25) is 4.79 Å². The van der Waals surface area contributed by atoms with Crippen LogP contribution in [0.4, 0.5) is 26.3 Å². The first kappa shape index (κ1) is 18.0. The molecule has 0 atom stereocenters. The third kappa shape index (κ3) is 4.76. The minimum Gasteiger partial charge on any atom is -0.469 e. The molecule has 0 saturated carbocycles. The average molecular weight is 332 g/mol. The number of aromatic nitrogens is 1. The SMILES string of the molecule is COC(=O)Cc1nc(C(F)(F)F)c(CN)cc1OC(F)(F)F. The Morgan fingerprint density at radius 2 is 1.86 bits per heavy atom. The van der Waals surface area contributed by atoms with Gasteiger partial charge in [0.2, 0.25) is 0 Å². The van der Waals surface area contributed by atoms with E-state index in [2.05, 4.69) is 14.5 Å². The highest BCUT2D eigenvalue weighted by Crippen LogP contribution is 2.35. The van der Waals surface area contributed by atoms with Gasteiger partial charge in [-0.1, -0.05) is 0 Å². The Morgan fingerprint density at radius 1 is 1.27 bits per heavy atom. The predicted octanol–water partition coefficient (Wildman–Crippen LogP) is 2.17. The van der Waals surface area contributed by atoms with Crippen LogP contribution < -0.4 is 10.5 Å². The second-order valence-electron chi connectivity index (χ2n) is 3.94. The highest BCUT2D eigenvalue weighted by atomic mass is 19.4. The largest absolute Gasteiger partial charge is 0.573 e. The zero-order valence-corrected chi connectivity index (χ0v) is 11.0. The van der Waals surface area contributed by atoms with Crippen molar-refractivity contribution < 1.29 is 40.6 Å². The Kier molecular flexibility index (Phi) is 5.22. The fourth-order valence-electron chi connectivity index (χ4n) is 1.52. The van der Waals surface area contributed by atoms with Gasteiger partial charge in [0.1, 0.15) is 5.69 Å². The molecule has 1 aromatic rings. The molecule has 0 saturated heterocycles. The van der Waals surface area contributed by atoms with Gasteiger partial charge in [-0.05, 0) is 6.07 Å². The van der Waals surface area contributed by atoms with Crippen LogP contribution in [0.1, 0.15) is 17.0 Å². The maximum absolute atomic E-state index is 12.8. The van der Waals surface area contributed by atoms with Crippen molar-refractivity contribution in [2.75, 3.05) is 7.11 Å². The number of hydrogen-bond donors (Lipinski definition) is 1. The van der Waals surface area contributed by atoms with Gasteiger partial charge in [0.15, 0.2) is 5.75 Å². The van der Waals surface area contributed by atoms with Crippen LogP contribution in [0.25, 0.3) is 0 Å². The van der Waals surface area contributed by atoms with Crippen LogP contribution >= 0.6 is 0 Å². The van der Waals surface area contributed by atoms with E-state index in [1.165, 1.54) is 0 Å². The van der Waals surface area contributed by atoms with Gasteiger partial charge in [0.25, 0.3) is 0 Å². The molecule has 22 heavy (non-hydrogen) atoms. The van der Waals surface area contributed by atoms with E-state index in [9.17, 15) is 31.1 Å². The molecule has 1 heterocycles. The summed E-state index contributed by atoms with van der Waals surface area (Å²) in [6, 6.07) is 0.460. The Labute approximate surface area is 120 Å². The van der Waals surface area contributed by atoms with Gasteiger partial charge < -0.3 is 15.2 Å². The summed E-state index contributed by atoms with van der Waals surface area (Å²) in [4.78, 5) is 14.2. The van der Waals surface area contributed by atoms with Crippen molar-refractivity contribution in [3.05, 3.63) is 23.0 Å². The zero-order chi connectivity index (χ0) is 17.1. The van der Waals surface area contributed by atoms with Crippen LogP contribution in [0, 0.1) is 0 Å². The summed E-state index contributed by atoms with van der Waals surface area (Å²) in [6.45, 7) is -0.714. The standard InChI is InChI=1S/C11H10F6N2O3/c1-21-8(20)3-6-7(22-11(15,16)17)2-5(4-18)9(19-6)10(12,13)14/h2H,3-4,18H2,1H3. The molecule has 0 bridgehead atoms. The highest BCUT2D eigenvalue weighted by molar-refractivity contribution is 5.72. The smallest absolute Gasteiger partial charge is 0.469 e. The van der Waals surface area contributed by atoms with Gasteiger partial charge in [0.05, 0.1) is 19.2 Å². The summed E-state index contributed by atoms with van der Waals surface area (Å²) < 4.78 is 83.1. The molecule has 1 rings (SSSR count). The maximum atomic E-state index is 12.8. The molecule has 0 fully saturated rings. The van der Waals surface area contributed by atoms with E-state index in [1.807, 2.05) is 0 Å². The monoisotopic (exact) mass is 332 g/mol. The fourth-order valence-corrected chi connectivity index (χ4v) is 1.52. The third-order valence-electron chi connectivity index (χ3n) is 2.39. The van der Waals surface area contributed by atoms with Gasteiger partial charge in [-0.15, -0.1) is 13.2 Å². The van der Waals surface area contributed by atoms with Crippen molar-refractivity contribution in [2.24, 2.45) is 5.73 Å². The average Bonchev–Trinajstić information content (AvgIpc) is 2.37. The fraction of sp³-hybridized carbons (Fsp3) is 0.455. The Hall–Kier alpha value is -2.04. The molecular weight excluding hydrogens is 322 g/mol. The maximum Gasteiger partial charge on any atom is 0.573 e. The number of carbonyl (C=O) groups excluding carboxylic acids is 1. The van der Waals surface area contributed by atoms with E-state index in [-0.39, 0.29) is 0 Å². The number of esters is 1. The Morgan fingerprint density at radius 3 is 2.27 bits per heavy atom. The van der Waals surface area contributed by atoms with E-state index in [0.29, 0.717) is 6.07 Å². The lowest BCUT2D eigenvalue weighted by Crippen LogP contribution is -2.22. The molecule has 0 aliphatic heterocycles. The van der Waals surface area contributed by atoms with Crippen LogP contribution in [0.2, 0.25) is 0 Å². The molecule has 0 aliphatic carbocycles. The summed E-state index contributed by atoms with van der Waals surface area (Å²) in [5.74, 6) is -2.11. The van der Waals surface area contributed by atoms with Crippen LogP contribution in [-0.4, -0.2) is 24.4 Å². The van der Waals surface area contributed by atoms with E-state index >= 15 is 0 Å². The normalized spacial score (nSPS) is 12.2. The lowest BCUT2D eigenvalue weighted by atomic mass is 10.1. The number of rotatable bonds is 4. The van der Waals surface area contributed by atoms with Crippen molar-refractivity contribution in [1.29, 1.82) is 0 Å². The molecule has 2 N–H and O–H groups in total. The van der Waals surface area contributed by atoms with Gasteiger partial charge in [-0.25, -0.2) is 4.98 Å². The third-order valence-corrected chi connectivity index (χ3v) is 2.39. The molecular formula is C11H10F6N2O3. The molecule has 0 aliphatic rings. The lowest BCUT2D eigenvalue weighted by molar-refractivity contribution is -0.275. The number of carbonyl (C=O) groups is 1. The topological polar surface area (TPSA) is 74.4 Å². The molecule has 0 amide bonds. The minimum absolute atomic E-state index is 0.460. The molecule has 0 aromatic carbocycles. The summed E-state index contributed by atoms with van der Waals surface area (Å²) in [7, 11) is 0.922. The van der Waals surface area contributed by atoms with E-state index in [0.717, 1.165) is 7.11 Å². The van der Waals surface area contributed by atoms with Crippen molar-refractivity contribution in [2.45, 2.75) is 25.5 Å². The Bertz CT molecular complexity index is 556. The first-order chi connectivity index (χ1) is 9.97. The summed E-state index contributed by atoms with van der Waals surface area (Å²) >= 11 is 0. The lowest BCUT2D eigenvalue weighted by Gasteiger charge is -2.17. The number of nitrogens with two attached hydrogens (primary N) is 1. The van der Waals surface area contributed by atoms with Crippen LogP contribution in [0.5, 0.6) is 5.75 Å². The van der Waals surface area contributed by atoms with Crippen LogP contribution in [0.15, 0.2) is 6.07 Å². The number of nitrogens with zero attached hydrogens (tertiary/aromatic N) is 1. The zero-order valence-electron chi connectivity index (χ0n) is 11.0. The molecule has 11 heteroatoms. The first-order valence-electron chi connectivity index (χ1n) is 5.60. The Balaban J connectivity index is 3.43. The summed E-state index contributed by atoms with van der Waals surface area (Å²) in [5.41, 5.74) is 2.06. The number of pyridine rings is 1. The second-order valence-corrected chi connectivity index (χ2v) is 3.94. The molecule has 0 unspecified atom stereocenters. The number of methoxy groups -OCH3 is 1. The van der Waals surface area contributed by atoms with Crippen molar-refractivity contribution in [3.63, 3.8) is 0 Å². The summed E-state index contributed by atoms with van der Waals surface area (Å²) in [6.07, 6.45) is -11.0. The van der Waals surface area contributed by atoms with E-state index in [4.69, 9.17) is 5.73 Å². The van der Waals surface area contributed by atoms with Crippen LogP contribution in [0.3, 0.4) is 0 Å². The molecule has 0 spiro atoms. The molecule has 5 nitrogen and oxygen atoms in total. The molecule has 0 radical (unpaired) electrons. The number of halogens is 6. The van der Waals surface area contributed by atoms with Gasteiger partial charge >= 0.3 is 18.5 Å². The van der Waals surface area contributed by atoms with Crippen molar-refractivity contribution in [1.82, 2.24) is 4.98 Å². The number of alkyl halides is 6. The summed E-state index contributed by atoms with van der Waals surface area (Å²) in [5, 5.41) is 0. The van der Waals surface area contributed by atoms with Crippen LogP contribution in [-0.2, 0) is 28.7 Å². The molecule has 1 aromatic heterocycles. The number of hydrogen-bond acceptors (Lipinski definition) is 5. The highest BCUT2D eigenvalue weighted by Gasteiger charge is 2.38. The van der Waals surface area contributed by atoms with Gasteiger partial charge in [-0.2, -0.15) is 13.2 Å². The van der Waals surface area contributed by atoms with E-state index < -0.39 is 54.2 Å².